The van der Waals surface area contributed by atoms with Gasteiger partial charge < -0.3 is 0 Å². The van der Waals surface area contributed by atoms with Gasteiger partial charge in [-0.15, -0.1) is 0 Å². The Hall–Kier alpha value is -6.09. The van der Waals surface area contributed by atoms with Gasteiger partial charge in [0.15, 0.2) is 17.5 Å². The minimum absolute atomic E-state index is 0.101. The fourth-order valence-electron chi connectivity index (χ4n) is 8.02. The number of benzene rings is 6. The van der Waals surface area contributed by atoms with E-state index in [1.165, 1.54) is 24.3 Å². The van der Waals surface area contributed by atoms with Crippen LogP contribution < -0.4 is 0 Å². The Morgan fingerprint density at radius 3 is 1.16 bits per heavy atom. The van der Waals surface area contributed by atoms with Crippen molar-refractivity contribution >= 4 is 0 Å². The molecule has 1 aromatic heterocycles. The molecule has 3 nitrogen and oxygen atoms in total. The zero-order valence-electron chi connectivity index (χ0n) is 29.7. The summed E-state index contributed by atoms with van der Waals surface area (Å²) in [6.45, 7) is 4.23. The molecule has 274 valence electrons. The molecule has 55 heavy (non-hydrogen) atoms. The van der Waals surface area contributed by atoms with Crippen molar-refractivity contribution < 1.29 is 26.3 Å². The normalized spacial score (nSPS) is 14.3. The van der Waals surface area contributed by atoms with Crippen LogP contribution >= 0.6 is 0 Å². The number of nitrogens with zero attached hydrogens (tertiary/aromatic N) is 3. The van der Waals surface area contributed by atoms with Crippen molar-refractivity contribution in [2.75, 3.05) is 0 Å². The van der Waals surface area contributed by atoms with E-state index in [2.05, 4.69) is 28.8 Å². The lowest BCUT2D eigenvalue weighted by atomic mass is 9.63. The quantitative estimate of drug-likeness (QED) is 0.159. The topological polar surface area (TPSA) is 38.7 Å². The van der Waals surface area contributed by atoms with Crippen LogP contribution in [0.1, 0.15) is 58.7 Å². The molecule has 0 saturated heterocycles. The molecule has 6 aromatic carbocycles. The van der Waals surface area contributed by atoms with Gasteiger partial charge in [0.1, 0.15) is 0 Å². The van der Waals surface area contributed by atoms with Crippen molar-refractivity contribution in [2.45, 2.75) is 42.9 Å². The molecule has 0 atom stereocenters. The van der Waals surface area contributed by atoms with Crippen LogP contribution in [0.2, 0.25) is 0 Å². The first-order valence-corrected chi connectivity index (χ1v) is 17.7. The van der Waals surface area contributed by atoms with Crippen LogP contribution in [0.25, 0.3) is 34.2 Å². The lowest BCUT2D eigenvalue weighted by Crippen LogP contribution is -2.54. The van der Waals surface area contributed by atoms with E-state index >= 15 is 26.3 Å². The molecule has 0 fully saturated rings. The van der Waals surface area contributed by atoms with Gasteiger partial charge in [-0.1, -0.05) is 172 Å². The van der Waals surface area contributed by atoms with E-state index in [4.69, 9.17) is 0 Å². The van der Waals surface area contributed by atoms with Crippen LogP contribution in [0.3, 0.4) is 0 Å². The smallest absolute Gasteiger partial charge is 0.208 e. The third kappa shape index (κ3) is 5.98. The molecule has 0 amide bonds. The first-order chi connectivity index (χ1) is 26.3. The highest BCUT2D eigenvalue weighted by Gasteiger charge is 2.72. The van der Waals surface area contributed by atoms with Gasteiger partial charge in [-0.05, 0) is 38.9 Å². The fourth-order valence-corrected chi connectivity index (χ4v) is 8.02. The Morgan fingerprint density at radius 1 is 0.418 bits per heavy atom. The zero-order chi connectivity index (χ0) is 38.6. The fraction of sp³-hybridized carbons (Fsp3) is 0.152. The van der Waals surface area contributed by atoms with E-state index in [9.17, 15) is 0 Å². The number of rotatable bonds is 6. The zero-order valence-corrected chi connectivity index (χ0v) is 29.7. The third-order valence-electron chi connectivity index (χ3n) is 10.7. The van der Waals surface area contributed by atoms with E-state index in [1.54, 1.807) is 24.3 Å². The maximum atomic E-state index is 15.3. The molecule has 0 saturated carbocycles. The highest BCUT2D eigenvalue weighted by Crippen LogP contribution is 2.57. The molecule has 1 heterocycles. The molecule has 7 aromatic rings. The molecule has 9 heteroatoms. The maximum absolute atomic E-state index is 15.3. The molecule has 0 bridgehead atoms. The van der Waals surface area contributed by atoms with Gasteiger partial charge in [-0.2, -0.15) is 26.3 Å². The average Bonchev–Trinajstić information content (AvgIpc) is 3.18. The Labute approximate surface area is 314 Å². The summed E-state index contributed by atoms with van der Waals surface area (Å²) in [6, 6.07) is 42.6. The van der Waals surface area contributed by atoms with Crippen molar-refractivity contribution in [3.05, 3.63) is 197 Å². The summed E-state index contributed by atoms with van der Waals surface area (Å²) >= 11 is 0. The van der Waals surface area contributed by atoms with Crippen molar-refractivity contribution in [2.24, 2.45) is 0 Å². The SMILES string of the molecule is CC1(C)c2ccccc2C(c2ccc(C(c3ccc(-c4nc(-c5ccccc5)nc(-c5ccccc5)n4)cc3)(C(F)(F)F)C(F)(F)F)cc2)c2ccccc21. The predicted molar refractivity (Wildman–Crippen MR) is 201 cm³/mol. The molecule has 8 rings (SSSR count). The predicted octanol–water partition coefficient (Wildman–Crippen LogP) is 12.1. The molecule has 1 aliphatic carbocycles. The number of aromatic nitrogens is 3. The largest absolute Gasteiger partial charge is 0.411 e. The summed E-state index contributed by atoms with van der Waals surface area (Å²) in [5, 5.41) is 0. The molecule has 0 N–H and O–H groups in total. The lowest BCUT2D eigenvalue weighted by Gasteiger charge is -2.40. The molecule has 0 aliphatic heterocycles. The van der Waals surface area contributed by atoms with E-state index in [0.29, 0.717) is 28.3 Å². The van der Waals surface area contributed by atoms with E-state index in [1.807, 2.05) is 84.9 Å². The summed E-state index contributed by atoms with van der Waals surface area (Å²) < 4.78 is 92.0. The second-order valence-electron chi connectivity index (χ2n) is 14.2. The number of alkyl halides is 6. The Morgan fingerprint density at radius 2 is 0.764 bits per heavy atom. The van der Waals surface area contributed by atoms with Gasteiger partial charge in [0.2, 0.25) is 5.41 Å². The average molecular weight is 742 g/mol. The standard InChI is InChI=1S/C46H33F6N3/c1-43(2)37-19-11-9-17-35(37)39(36-18-10-12-20-38(36)43)29-21-25-33(26-22-29)44(45(47,48)49,46(50,51)52)34-27-23-32(24-28-34)42-54-40(30-13-5-3-6-14-30)53-41(55-42)31-15-7-4-8-16-31/h3-28,39H,1-2H3. The van der Waals surface area contributed by atoms with E-state index in [-0.39, 0.29) is 22.7 Å². The Balaban J connectivity index is 1.23. The van der Waals surface area contributed by atoms with Crippen LogP contribution in [0.15, 0.2) is 158 Å². The number of halogens is 6. The lowest BCUT2D eigenvalue weighted by molar-refractivity contribution is -0.288. The van der Waals surface area contributed by atoms with Gasteiger partial charge in [0.25, 0.3) is 0 Å². The Kier molecular flexibility index (Phi) is 8.71. The third-order valence-corrected chi connectivity index (χ3v) is 10.7. The van der Waals surface area contributed by atoms with Crippen molar-refractivity contribution in [1.82, 2.24) is 15.0 Å². The van der Waals surface area contributed by atoms with Gasteiger partial charge in [0.05, 0.1) is 0 Å². The minimum atomic E-state index is -5.75. The van der Waals surface area contributed by atoms with Gasteiger partial charge in [-0.25, -0.2) is 15.0 Å². The van der Waals surface area contributed by atoms with Crippen molar-refractivity contribution in [1.29, 1.82) is 0 Å². The maximum Gasteiger partial charge on any atom is 0.411 e. The van der Waals surface area contributed by atoms with E-state index in [0.717, 1.165) is 46.5 Å². The highest BCUT2D eigenvalue weighted by molar-refractivity contribution is 5.67. The molecular formula is C46H33F6N3. The first-order valence-electron chi connectivity index (χ1n) is 17.7. The van der Waals surface area contributed by atoms with Gasteiger partial charge >= 0.3 is 12.4 Å². The minimum Gasteiger partial charge on any atom is -0.208 e. The van der Waals surface area contributed by atoms with Crippen LogP contribution in [0.4, 0.5) is 26.3 Å². The molecule has 0 unspecified atom stereocenters. The number of fused-ring (bicyclic) bond motifs is 2. The van der Waals surface area contributed by atoms with Gasteiger partial charge in [-0.3, -0.25) is 0 Å². The molecule has 1 aliphatic rings. The van der Waals surface area contributed by atoms with Crippen molar-refractivity contribution in [3.8, 4) is 34.2 Å². The molecule has 0 radical (unpaired) electrons. The summed E-state index contributed by atoms with van der Waals surface area (Å²) in [7, 11) is 0. The summed E-state index contributed by atoms with van der Waals surface area (Å²) in [5.74, 6) is 0.326. The molecular weight excluding hydrogens is 709 g/mol. The molecule has 0 spiro atoms. The highest BCUT2D eigenvalue weighted by atomic mass is 19.4. The second kappa shape index (κ2) is 13.3. The van der Waals surface area contributed by atoms with Crippen LogP contribution in [-0.4, -0.2) is 27.3 Å². The van der Waals surface area contributed by atoms with Crippen molar-refractivity contribution in [3.63, 3.8) is 0 Å². The van der Waals surface area contributed by atoms with Crippen LogP contribution in [-0.2, 0) is 10.8 Å². The summed E-state index contributed by atoms with van der Waals surface area (Å²) in [5.41, 5.74) is -0.428. The Bertz CT molecular complexity index is 2350. The van der Waals surface area contributed by atoms with Crippen LogP contribution in [0, 0.1) is 0 Å². The monoisotopic (exact) mass is 741 g/mol. The van der Waals surface area contributed by atoms with Gasteiger partial charge in [0, 0.05) is 28.0 Å². The van der Waals surface area contributed by atoms with Crippen LogP contribution in [0.5, 0.6) is 0 Å². The first kappa shape index (κ1) is 35.9. The number of hydrogen-bond acceptors (Lipinski definition) is 3. The summed E-state index contributed by atoms with van der Waals surface area (Å²) in [4.78, 5) is 13.8. The number of hydrogen-bond donors (Lipinski definition) is 0. The second-order valence-corrected chi connectivity index (χ2v) is 14.2. The summed E-state index contributed by atoms with van der Waals surface area (Å²) in [6.07, 6.45) is -11.5. The van der Waals surface area contributed by atoms with E-state index < -0.39 is 28.9 Å².